The highest BCUT2D eigenvalue weighted by atomic mass is 16.4. The molecule has 0 spiro atoms. The Balaban J connectivity index is 2.39. The fourth-order valence-corrected chi connectivity index (χ4v) is 2.53. The fraction of sp³-hybridized carbons (Fsp3) is 0.857. The second-order valence-electron chi connectivity index (χ2n) is 5.83. The zero-order valence-electron chi connectivity index (χ0n) is 11.7. The first-order valence-electron chi connectivity index (χ1n) is 6.92. The van der Waals surface area contributed by atoms with Crippen molar-refractivity contribution in [2.75, 3.05) is 0 Å². The normalized spacial score (nSPS) is 20.6. The Morgan fingerprint density at radius 3 is 2.33 bits per heavy atom. The van der Waals surface area contributed by atoms with Gasteiger partial charge < -0.3 is 10.4 Å². The summed E-state index contributed by atoms with van der Waals surface area (Å²) < 4.78 is 0. The number of aliphatic carboxylic acids is 1. The molecule has 1 fully saturated rings. The van der Waals surface area contributed by atoms with Gasteiger partial charge in [0, 0.05) is 12.5 Å². The molecule has 0 radical (unpaired) electrons. The van der Waals surface area contributed by atoms with Crippen LogP contribution in [0.1, 0.15) is 59.3 Å². The minimum Gasteiger partial charge on any atom is -0.481 e. The number of hydrogen-bond acceptors (Lipinski definition) is 2. The molecular formula is C14H25NO3. The topological polar surface area (TPSA) is 66.4 Å². The summed E-state index contributed by atoms with van der Waals surface area (Å²) >= 11 is 0. The number of carbonyl (C=O) groups excluding carboxylic acids is 1. The molecule has 0 heterocycles. The number of rotatable bonds is 7. The summed E-state index contributed by atoms with van der Waals surface area (Å²) in [4.78, 5) is 23.0. The van der Waals surface area contributed by atoms with Gasteiger partial charge in [0.2, 0.25) is 5.91 Å². The van der Waals surface area contributed by atoms with Crippen molar-refractivity contribution in [3.05, 3.63) is 0 Å². The van der Waals surface area contributed by atoms with Crippen LogP contribution >= 0.6 is 0 Å². The summed E-state index contributed by atoms with van der Waals surface area (Å²) in [6.07, 6.45) is 4.36. The van der Waals surface area contributed by atoms with Crippen molar-refractivity contribution < 1.29 is 14.7 Å². The minimum absolute atomic E-state index is 0.118. The van der Waals surface area contributed by atoms with E-state index in [0.717, 1.165) is 19.3 Å². The molecule has 0 aromatic carbocycles. The molecule has 2 atom stereocenters. The van der Waals surface area contributed by atoms with Gasteiger partial charge in [0.15, 0.2) is 0 Å². The van der Waals surface area contributed by atoms with Crippen LogP contribution in [-0.4, -0.2) is 23.0 Å². The predicted molar refractivity (Wildman–Crippen MR) is 70.2 cm³/mol. The summed E-state index contributed by atoms with van der Waals surface area (Å²) in [7, 11) is 0. The quantitative estimate of drug-likeness (QED) is 0.734. The average Bonchev–Trinajstić information content (AvgIpc) is 2.22. The lowest BCUT2D eigenvalue weighted by Gasteiger charge is -2.37. The molecule has 0 saturated heterocycles. The van der Waals surface area contributed by atoms with Crippen LogP contribution in [0.15, 0.2) is 0 Å². The van der Waals surface area contributed by atoms with Gasteiger partial charge in [-0.25, -0.2) is 0 Å². The maximum absolute atomic E-state index is 11.9. The third kappa shape index (κ3) is 3.72. The Kier molecular flexibility index (Phi) is 5.17. The molecule has 0 aromatic rings. The van der Waals surface area contributed by atoms with Crippen molar-refractivity contribution in [2.45, 2.75) is 65.3 Å². The van der Waals surface area contributed by atoms with Gasteiger partial charge in [-0.1, -0.05) is 26.7 Å². The molecular weight excluding hydrogens is 230 g/mol. The molecule has 1 saturated carbocycles. The number of carboxylic acid groups (broad SMARTS) is 1. The van der Waals surface area contributed by atoms with Gasteiger partial charge in [0.25, 0.3) is 0 Å². The molecule has 1 amide bonds. The molecule has 18 heavy (non-hydrogen) atoms. The van der Waals surface area contributed by atoms with Gasteiger partial charge in [0.1, 0.15) is 0 Å². The number of hydrogen-bond donors (Lipinski definition) is 2. The van der Waals surface area contributed by atoms with Crippen molar-refractivity contribution in [2.24, 2.45) is 11.3 Å². The van der Waals surface area contributed by atoms with E-state index in [1.807, 2.05) is 6.92 Å². The van der Waals surface area contributed by atoms with Gasteiger partial charge in [-0.2, -0.15) is 0 Å². The second kappa shape index (κ2) is 6.21. The summed E-state index contributed by atoms with van der Waals surface area (Å²) in [5, 5.41) is 12.1. The summed E-state index contributed by atoms with van der Waals surface area (Å²) in [5.41, 5.74) is -0.778. The van der Waals surface area contributed by atoms with Crippen LogP contribution in [0.4, 0.5) is 0 Å². The van der Waals surface area contributed by atoms with Crippen molar-refractivity contribution in [1.82, 2.24) is 5.32 Å². The van der Waals surface area contributed by atoms with E-state index < -0.39 is 11.4 Å². The molecule has 0 aliphatic heterocycles. The maximum atomic E-state index is 11.9. The van der Waals surface area contributed by atoms with Crippen molar-refractivity contribution in [3.63, 3.8) is 0 Å². The zero-order valence-corrected chi connectivity index (χ0v) is 11.7. The first-order chi connectivity index (χ1) is 8.39. The van der Waals surface area contributed by atoms with Gasteiger partial charge in [0.05, 0.1) is 5.41 Å². The molecule has 104 valence electrons. The minimum atomic E-state index is -0.821. The lowest BCUT2D eigenvalue weighted by molar-refractivity contribution is -0.157. The van der Waals surface area contributed by atoms with E-state index in [1.165, 1.54) is 0 Å². The van der Waals surface area contributed by atoms with Crippen LogP contribution in [0.3, 0.4) is 0 Å². The second-order valence-corrected chi connectivity index (χ2v) is 5.83. The Morgan fingerprint density at radius 2 is 1.94 bits per heavy atom. The van der Waals surface area contributed by atoms with Crippen LogP contribution < -0.4 is 5.32 Å². The van der Waals surface area contributed by atoms with Gasteiger partial charge in [-0.3, -0.25) is 9.59 Å². The summed E-state index contributed by atoms with van der Waals surface area (Å²) in [5.74, 6) is -0.358. The number of carboxylic acids is 1. The van der Waals surface area contributed by atoms with Crippen molar-refractivity contribution in [1.29, 1.82) is 0 Å². The van der Waals surface area contributed by atoms with E-state index in [2.05, 4.69) is 19.2 Å². The molecule has 4 nitrogen and oxygen atoms in total. The van der Waals surface area contributed by atoms with E-state index in [-0.39, 0.29) is 18.4 Å². The first kappa shape index (κ1) is 15.0. The average molecular weight is 255 g/mol. The monoisotopic (exact) mass is 255 g/mol. The molecule has 2 unspecified atom stereocenters. The number of carbonyl (C=O) groups is 2. The Bertz CT molecular complexity index is 310. The van der Waals surface area contributed by atoms with E-state index in [4.69, 9.17) is 0 Å². The summed E-state index contributed by atoms with van der Waals surface area (Å²) in [6.45, 7) is 6.28. The fourth-order valence-electron chi connectivity index (χ4n) is 2.53. The summed E-state index contributed by atoms with van der Waals surface area (Å²) in [6, 6.07) is 0.123. The highest BCUT2D eigenvalue weighted by Crippen LogP contribution is 2.44. The van der Waals surface area contributed by atoms with E-state index in [0.29, 0.717) is 18.8 Å². The molecule has 1 aliphatic rings. The number of amides is 1. The highest BCUT2D eigenvalue weighted by molar-refractivity contribution is 5.85. The van der Waals surface area contributed by atoms with E-state index >= 15 is 0 Å². The third-order valence-electron chi connectivity index (χ3n) is 4.12. The molecule has 0 aromatic heterocycles. The smallest absolute Gasteiger partial charge is 0.310 e. The number of nitrogens with one attached hydrogen (secondary N) is 1. The lowest BCUT2D eigenvalue weighted by atomic mass is 9.66. The van der Waals surface area contributed by atoms with Crippen LogP contribution in [0.25, 0.3) is 0 Å². The van der Waals surface area contributed by atoms with Crippen LogP contribution in [0.5, 0.6) is 0 Å². The molecule has 0 bridgehead atoms. The standard InChI is InChI=1S/C14H25NO3/c1-4-10(2)8-11(3)15-12(16)9-14(13(17)18)6-5-7-14/h10-11H,4-9H2,1-3H3,(H,15,16)(H,17,18). The molecule has 2 N–H and O–H groups in total. The zero-order chi connectivity index (χ0) is 13.8. The molecule has 1 rings (SSSR count). The van der Waals surface area contributed by atoms with Crippen LogP contribution in [0.2, 0.25) is 0 Å². The van der Waals surface area contributed by atoms with Crippen LogP contribution in [0, 0.1) is 11.3 Å². The van der Waals surface area contributed by atoms with Gasteiger partial charge in [-0.15, -0.1) is 0 Å². The molecule has 1 aliphatic carbocycles. The van der Waals surface area contributed by atoms with Gasteiger partial charge >= 0.3 is 5.97 Å². The Morgan fingerprint density at radius 1 is 1.33 bits per heavy atom. The third-order valence-corrected chi connectivity index (χ3v) is 4.12. The van der Waals surface area contributed by atoms with Crippen molar-refractivity contribution >= 4 is 11.9 Å². The Hall–Kier alpha value is -1.06. The Labute approximate surface area is 109 Å². The van der Waals surface area contributed by atoms with Crippen molar-refractivity contribution in [3.8, 4) is 0 Å². The lowest BCUT2D eigenvalue weighted by Crippen LogP contribution is -2.44. The predicted octanol–water partition coefficient (Wildman–Crippen LogP) is 2.57. The first-order valence-corrected chi connectivity index (χ1v) is 6.92. The maximum Gasteiger partial charge on any atom is 0.310 e. The largest absolute Gasteiger partial charge is 0.481 e. The van der Waals surface area contributed by atoms with E-state index in [9.17, 15) is 14.7 Å². The van der Waals surface area contributed by atoms with Gasteiger partial charge in [-0.05, 0) is 32.1 Å². The molecule has 4 heteroatoms. The van der Waals surface area contributed by atoms with E-state index in [1.54, 1.807) is 0 Å². The van der Waals surface area contributed by atoms with Crippen LogP contribution in [-0.2, 0) is 9.59 Å². The SMILES string of the molecule is CCC(C)CC(C)NC(=O)CC1(C(=O)O)CCC1. The highest BCUT2D eigenvalue weighted by Gasteiger charge is 2.45.